The number of nitrogens with zero attached hydrogens (tertiary/aromatic N) is 6. The molecule has 0 radical (unpaired) electrons. The van der Waals surface area contributed by atoms with Gasteiger partial charge in [-0.15, -0.1) is 23.1 Å². The summed E-state index contributed by atoms with van der Waals surface area (Å²) in [6.07, 6.45) is 1.08. The molecule has 2 aliphatic rings. The van der Waals surface area contributed by atoms with Gasteiger partial charge >= 0.3 is 11.9 Å². The molecule has 5 heterocycles. The Bertz CT molecular complexity index is 1730. The molecule has 1 saturated heterocycles. The lowest BCUT2D eigenvalue weighted by Gasteiger charge is -2.49. The van der Waals surface area contributed by atoms with Gasteiger partial charge in [-0.05, 0) is 12.5 Å². The molecule has 0 saturated carbocycles. The largest absolute Gasteiger partial charge is 0.477 e. The Kier molecular flexibility index (Phi) is 8.18. The second-order valence-electron chi connectivity index (χ2n) is 8.46. The molecule has 0 aliphatic carbocycles. The molecule has 2 amide bonds. The Morgan fingerprint density at radius 2 is 2.12 bits per heavy atom. The van der Waals surface area contributed by atoms with Crippen molar-refractivity contribution in [2.75, 3.05) is 31.0 Å². The molecule has 42 heavy (non-hydrogen) atoms. The van der Waals surface area contributed by atoms with E-state index in [1.54, 1.807) is 6.92 Å². The Morgan fingerprint density at radius 1 is 1.33 bits per heavy atom. The minimum absolute atomic E-state index is 0.00860. The number of hydrogen-bond acceptors (Lipinski definition) is 15. The Balaban J connectivity index is 1.31. The van der Waals surface area contributed by atoms with Crippen LogP contribution in [-0.2, 0) is 24.0 Å². The number of amides is 2. The molecule has 20 heteroatoms. The van der Waals surface area contributed by atoms with Gasteiger partial charge in [-0.2, -0.15) is 9.50 Å². The van der Waals surface area contributed by atoms with Crippen molar-refractivity contribution in [1.82, 2.24) is 34.8 Å². The fraction of sp³-hybridized carbons (Fsp3) is 0.318. The molecule has 5 N–H and O–H groups in total. The van der Waals surface area contributed by atoms with Crippen LogP contribution in [0.4, 0.5) is 5.13 Å². The maximum Gasteiger partial charge on any atom is 0.352 e. The van der Waals surface area contributed by atoms with E-state index in [0.717, 1.165) is 38.7 Å². The highest BCUT2D eigenvalue weighted by Crippen LogP contribution is 2.41. The standard InChI is InChI=1S/C22H21N9O8S3/c1-3-39-19(37)9-4-24-21-27-22(28-31(21)15(9)33)42-6-8-5-40-17-12(16(34)30(17)13(8)18(35)36)26-14(32)11(29-38-2)10-7-41-20(23)25-10/h4,7,12,17H,3,5-6H2,1-2H3,(H2,23,25)(H,26,32)(H,35,36)(H,24,27,28)/b29-11-/t12-,17-/m1/s1. The van der Waals surface area contributed by atoms with Gasteiger partial charge < -0.3 is 25.7 Å². The zero-order valence-corrected chi connectivity index (χ0v) is 24.2. The second-order valence-corrected chi connectivity index (χ2v) is 11.4. The molecule has 1 fully saturated rings. The van der Waals surface area contributed by atoms with Crippen molar-refractivity contribution in [2.24, 2.45) is 5.16 Å². The number of thiazole rings is 1. The molecule has 0 bridgehead atoms. The van der Waals surface area contributed by atoms with Crippen LogP contribution in [0, 0.1) is 0 Å². The molecule has 5 rings (SSSR count). The summed E-state index contributed by atoms with van der Waals surface area (Å²) in [7, 11) is 1.25. The highest BCUT2D eigenvalue weighted by Gasteiger charge is 2.54. The number of carbonyl (C=O) groups excluding carboxylic acids is 3. The molecule has 2 atom stereocenters. The second kappa shape index (κ2) is 11.8. The van der Waals surface area contributed by atoms with E-state index in [-0.39, 0.29) is 56.8 Å². The summed E-state index contributed by atoms with van der Waals surface area (Å²) in [5.74, 6) is -3.12. The number of aromatic nitrogens is 5. The number of nitrogens with two attached hydrogens (primary N) is 1. The third kappa shape index (κ3) is 5.30. The predicted octanol–water partition coefficient (Wildman–Crippen LogP) is -0.486. The maximum absolute atomic E-state index is 13.1. The molecule has 3 aromatic heterocycles. The quantitative estimate of drug-likeness (QED) is 0.0724. The number of oxime groups is 1. The highest BCUT2D eigenvalue weighted by atomic mass is 32.2. The summed E-state index contributed by atoms with van der Waals surface area (Å²) in [5, 5.41) is 20.3. The zero-order valence-electron chi connectivity index (χ0n) is 21.7. The van der Waals surface area contributed by atoms with Crippen molar-refractivity contribution in [2.45, 2.75) is 23.5 Å². The van der Waals surface area contributed by atoms with Crippen molar-refractivity contribution < 1.29 is 33.9 Å². The molecule has 0 unspecified atom stereocenters. The lowest BCUT2D eigenvalue weighted by Crippen LogP contribution is -2.71. The number of β-lactam (4-membered cyclic amide) rings is 1. The number of rotatable bonds is 10. The van der Waals surface area contributed by atoms with Gasteiger partial charge in [0.15, 0.2) is 16.0 Å². The Hall–Kier alpha value is -4.43. The SMILES string of the molecule is CCOC(=O)c1cnc2nc(SCC3=C(C(=O)O)N4C(=O)[C@@H](NC(=O)/C(=N\OC)c5csc(N)n5)[C@H]4SC3)[nH]n2c1=O. The summed E-state index contributed by atoms with van der Waals surface area (Å²) < 4.78 is 5.85. The first-order valence-electron chi connectivity index (χ1n) is 12.0. The topological polar surface area (TPSA) is 237 Å². The first-order chi connectivity index (χ1) is 20.1. The fourth-order valence-corrected chi connectivity index (χ4v) is 6.98. The number of anilines is 1. The summed E-state index contributed by atoms with van der Waals surface area (Å²) in [6.45, 7) is 1.69. The van der Waals surface area contributed by atoms with Crippen LogP contribution in [0.3, 0.4) is 0 Å². The minimum atomic E-state index is -1.31. The summed E-state index contributed by atoms with van der Waals surface area (Å²) in [5.41, 5.74) is 4.89. The van der Waals surface area contributed by atoms with Crippen molar-refractivity contribution >= 4 is 75.2 Å². The molecule has 0 spiro atoms. The number of thioether (sulfide) groups is 2. The van der Waals surface area contributed by atoms with Crippen LogP contribution in [0.5, 0.6) is 0 Å². The van der Waals surface area contributed by atoms with Crippen molar-refractivity contribution in [1.29, 1.82) is 0 Å². The van der Waals surface area contributed by atoms with E-state index in [1.807, 2.05) is 0 Å². The van der Waals surface area contributed by atoms with Crippen molar-refractivity contribution in [3.05, 3.63) is 44.5 Å². The van der Waals surface area contributed by atoms with Gasteiger partial charge in [0, 0.05) is 16.9 Å². The van der Waals surface area contributed by atoms with Gasteiger partial charge in [-0.1, -0.05) is 16.9 Å². The summed E-state index contributed by atoms with van der Waals surface area (Å²) >= 11 is 3.46. The molecular formula is C22H21N9O8S3. The summed E-state index contributed by atoms with van der Waals surface area (Å²) in [6, 6.07) is -1.01. The average Bonchev–Trinajstić information content (AvgIpc) is 3.59. The van der Waals surface area contributed by atoms with E-state index in [1.165, 1.54) is 24.3 Å². The molecule has 3 aromatic rings. The van der Waals surface area contributed by atoms with E-state index in [9.17, 15) is 29.1 Å². The van der Waals surface area contributed by atoms with E-state index < -0.39 is 40.7 Å². The van der Waals surface area contributed by atoms with Crippen molar-refractivity contribution in [3.8, 4) is 0 Å². The number of carboxylic acid groups (broad SMARTS) is 1. The number of carbonyl (C=O) groups is 4. The van der Waals surface area contributed by atoms with Gasteiger partial charge in [0.1, 0.15) is 35.5 Å². The molecule has 0 aromatic carbocycles. The highest BCUT2D eigenvalue weighted by molar-refractivity contribution is 8.01. The first-order valence-corrected chi connectivity index (χ1v) is 14.9. The number of nitrogens with one attached hydrogen (secondary N) is 2. The molecule has 220 valence electrons. The van der Waals surface area contributed by atoms with Crippen LogP contribution < -0.4 is 16.6 Å². The molecule has 2 aliphatic heterocycles. The Morgan fingerprint density at radius 3 is 2.79 bits per heavy atom. The monoisotopic (exact) mass is 635 g/mol. The Labute approximate surface area is 247 Å². The number of aromatic amines is 1. The van der Waals surface area contributed by atoms with E-state index in [4.69, 9.17) is 15.3 Å². The number of H-pyrrole nitrogens is 1. The third-order valence-electron chi connectivity index (χ3n) is 5.93. The fourth-order valence-electron chi connectivity index (χ4n) is 4.10. The number of carboxylic acids is 1. The predicted molar refractivity (Wildman–Crippen MR) is 150 cm³/mol. The van der Waals surface area contributed by atoms with Crippen molar-refractivity contribution in [3.63, 3.8) is 0 Å². The van der Waals surface area contributed by atoms with Crippen LogP contribution in [0.15, 0.2) is 38.0 Å². The van der Waals surface area contributed by atoms with Gasteiger partial charge in [-0.25, -0.2) is 19.6 Å². The van der Waals surface area contributed by atoms with Crippen LogP contribution >= 0.6 is 34.9 Å². The van der Waals surface area contributed by atoms with Gasteiger partial charge in [0.25, 0.3) is 23.2 Å². The number of aliphatic carboxylic acids is 1. The maximum atomic E-state index is 13.1. The number of hydrogen-bond donors (Lipinski definition) is 4. The van der Waals surface area contributed by atoms with Crippen LogP contribution in [-0.4, -0.2) is 101 Å². The lowest BCUT2D eigenvalue weighted by atomic mass is 10.0. The molecule has 17 nitrogen and oxygen atoms in total. The number of esters is 1. The number of ether oxygens (including phenoxy) is 1. The third-order valence-corrected chi connectivity index (χ3v) is 8.89. The van der Waals surface area contributed by atoms with E-state index in [0.29, 0.717) is 5.57 Å². The first kappa shape index (κ1) is 29.1. The average molecular weight is 636 g/mol. The van der Waals surface area contributed by atoms with Gasteiger partial charge in [0.05, 0.1) is 12.8 Å². The number of fused-ring (bicyclic) bond motifs is 2. The summed E-state index contributed by atoms with van der Waals surface area (Å²) in [4.78, 5) is 81.0. The van der Waals surface area contributed by atoms with E-state index in [2.05, 4.69) is 30.5 Å². The lowest BCUT2D eigenvalue weighted by molar-refractivity contribution is -0.150. The van der Waals surface area contributed by atoms with Crippen LogP contribution in [0.1, 0.15) is 23.0 Å². The van der Waals surface area contributed by atoms with Crippen LogP contribution in [0.25, 0.3) is 5.78 Å². The zero-order chi connectivity index (χ0) is 30.1. The van der Waals surface area contributed by atoms with E-state index >= 15 is 0 Å². The molecular weight excluding hydrogens is 614 g/mol. The van der Waals surface area contributed by atoms with Crippen LogP contribution in [0.2, 0.25) is 0 Å². The smallest absolute Gasteiger partial charge is 0.352 e. The van der Waals surface area contributed by atoms with Gasteiger partial charge in [0.2, 0.25) is 0 Å². The van der Waals surface area contributed by atoms with Gasteiger partial charge in [-0.3, -0.25) is 24.4 Å². The minimum Gasteiger partial charge on any atom is -0.477 e. The number of nitrogen functional groups attached to an aromatic ring is 1. The normalized spacial score (nSPS) is 18.5.